The van der Waals surface area contributed by atoms with Crippen molar-refractivity contribution >= 4 is 11.6 Å². The summed E-state index contributed by atoms with van der Waals surface area (Å²) in [7, 11) is 0. The van der Waals surface area contributed by atoms with Gasteiger partial charge in [-0.3, -0.25) is 4.79 Å². The molecule has 0 bridgehead atoms. The molecular weight excluding hydrogens is 306 g/mol. The van der Waals surface area contributed by atoms with Crippen molar-refractivity contribution in [2.45, 2.75) is 33.3 Å². The summed E-state index contributed by atoms with van der Waals surface area (Å²) in [6.07, 6.45) is 0.0139. The van der Waals surface area contributed by atoms with Gasteiger partial charge in [-0.25, -0.2) is 0 Å². The number of hydrogen-bond acceptors (Lipinski definition) is 4. The molecule has 0 radical (unpaired) electrons. The molecule has 0 aliphatic carbocycles. The predicted octanol–water partition coefficient (Wildman–Crippen LogP) is 3.83. The molecule has 0 saturated carbocycles. The average Bonchev–Trinajstić information content (AvgIpc) is 3.03. The number of carbonyl (C=O) groups is 1. The molecule has 0 fully saturated rings. The highest BCUT2D eigenvalue weighted by molar-refractivity contribution is 5.94. The third-order valence-corrected chi connectivity index (χ3v) is 3.92. The molecule has 1 amide bonds. The number of aryl methyl sites for hydroxylation is 2. The molecule has 0 saturated heterocycles. The van der Waals surface area contributed by atoms with E-state index in [2.05, 4.69) is 5.32 Å². The SMILES string of the molecule is CC[C@H](Oc1cc(C)ccc1C)C(=O)Nc1ccc2c(c1)OCO2. The summed E-state index contributed by atoms with van der Waals surface area (Å²) in [6.45, 7) is 6.10. The smallest absolute Gasteiger partial charge is 0.265 e. The van der Waals surface area contributed by atoms with E-state index in [-0.39, 0.29) is 12.7 Å². The lowest BCUT2D eigenvalue weighted by Gasteiger charge is -2.19. The van der Waals surface area contributed by atoms with E-state index in [9.17, 15) is 4.79 Å². The molecule has 3 rings (SSSR count). The van der Waals surface area contributed by atoms with Gasteiger partial charge in [-0.2, -0.15) is 0 Å². The molecule has 1 atom stereocenters. The van der Waals surface area contributed by atoms with Crippen molar-refractivity contribution in [2.24, 2.45) is 0 Å². The van der Waals surface area contributed by atoms with Crippen molar-refractivity contribution in [1.29, 1.82) is 0 Å². The number of benzene rings is 2. The second-order valence-electron chi connectivity index (χ2n) is 5.84. The number of amides is 1. The first-order valence-corrected chi connectivity index (χ1v) is 8.01. The van der Waals surface area contributed by atoms with Gasteiger partial charge in [-0.1, -0.05) is 19.1 Å². The minimum atomic E-state index is -0.559. The van der Waals surface area contributed by atoms with E-state index < -0.39 is 6.10 Å². The Morgan fingerprint density at radius 3 is 2.75 bits per heavy atom. The fraction of sp³-hybridized carbons (Fsp3) is 0.316. The lowest BCUT2D eigenvalue weighted by atomic mass is 10.1. The molecule has 126 valence electrons. The Morgan fingerprint density at radius 1 is 1.17 bits per heavy atom. The summed E-state index contributed by atoms with van der Waals surface area (Å²) in [4.78, 5) is 12.5. The van der Waals surface area contributed by atoms with Crippen LogP contribution in [0.1, 0.15) is 24.5 Å². The number of anilines is 1. The minimum absolute atomic E-state index is 0.183. The van der Waals surface area contributed by atoms with E-state index in [4.69, 9.17) is 14.2 Å². The maximum Gasteiger partial charge on any atom is 0.265 e. The summed E-state index contributed by atoms with van der Waals surface area (Å²) >= 11 is 0. The minimum Gasteiger partial charge on any atom is -0.480 e. The summed E-state index contributed by atoms with van der Waals surface area (Å²) in [5.74, 6) is 1.88. The topological polar surface area (TPSA) is 56.8 Å². The van der Waals surface area contributed by atoms with Gasteiger partial charge >= 0.3 is 0 Å². The summed E-state index contributed by atoms with van der Waals surface area (Å²) in [5, 5.41) is 2.88. The highest BCUT2D eigenvalue weighted by Gasteiger charge is 2.21. The second-order valence-corrected chi connectivity index (χ2v) is 5.84. The lowest BCUT2D eigenvalue weighted by molar-refractivity contribution is -0.122. The molecule has 1 heterocycles. The summed E-state index contributed by atoms with van der Waals surface area (Å²) in [5.41, 5.74) is 2.77. The molecular formula is C19H21NO4. The van der Waals surface area contributed by atoms with Gasteiger partial charge in [-0.15, -0.1) is 0 Å². The van der Waals surface area contributed by atoms with Crippen molar-refractivity contribution in [2.75, 3.05) is 12.1 Å². The molecule has 5 nitrogen and oxygen atoms in total. The standard InChI is InChI=1S/C19H21NO4/c1-4-15(24-17-9-12(2)5-6-13(17)3)19(21)20-14-7-8-16-18(10-14)23-11-22-16/h5-10,15H,4,11H2,1-3H3,(H,20,21)/t15-/m0/s1. The molecule has 0 unspecified atom stereocenters. The number of fused-ring (bicyclic) bond motifs is 1. The number of hydrogen-bond donors (Lipinski definition) is 1. The van der Waals surface area contributed by atoms with Crippen LogP contribution in [-0.2, 0) is 4.79 Å². The van der Waals surface area contributed by atoms with Crippen LogP contribution >= 0.6 is 0 Å². The molecule has 24 heavy (non-hydrogen) atoms. The van der Waals surface area contributed by atoms with E-state index in [1.165, 1.54) is 0 Å². The van der Waals surface area contributed by atoms with Gasteiger partial charge in [0, 0.05) is 11.8 Å². The van der Waals surface area contributed by atoms with Gasteiger partial charge in [0.15, 0.2) is 17.6 Å². The number of nitrogens with one attached hydrogen (secondary N) is 1. The van der Waals surface area contributed by atoms with Crippen LogP contribution < -0.4 is 19.5 Å². The van der Waals surface area contributed by atoms with Crippen molar-refractivity contribution < 1.29 is 19.0 Å². The molecule has 0 aromatic heterocycles. The van der Waals surface area contributed by atoms with Crippen LogP contribution in [-0.4, -0.2) is 18.8 Å². The Kier molecular flexibility index (Phi) is 4.60. The molecule has 1 N–H and O–H groups in total. The first-order chi connectivity index (χ1) is 11.6. The van der Waals surface area contributed by atoms with Crippen LogP contribution in [0.25, 0.3) is 0 Å². The quantitative estimate of drug-likeness (QED) is 0.907. The molecule has 1 aliphatic heterocycles. The van der Waals surface area contributed by atoms with Crippen LogP contribution in [0.15, 0.2) is 36.4 Å². The molecule has 5 heteroatoms. The van der Waals surface area contributed by atoms with Gasteiger partial charge in [-0.05, 0) is 49.6 Å². The summed E-state index contributed by atoms with van der Waals surface area (Å²) in [6, 6.07) is 11.3. The van der Waals surface area contributed by atoms with E-state index in [1.54, 1.807) is 18.2 Å². The average molecular weight is 327 g/mol. The van der Waals surface area contributed by atoms with Crippen LogP contribution in [0.2, 0.25) is 0 Å². The number of rotatable bonds is 5. The third kappa shape index (κ3) is 3.45. The number of carbonyl (C=O) groups excluding carboxylic acids is 1. The van der Waals surface area contributed by atoms with Gasteiger partial charge in [0.2, 0.25) is 6.79 Å². The highest BCUT2D eigenvalue weighted by Crippen LogP contribution is 2.34. The van der Waals surface area contributed by atoms with Gasteiger partial charge in [0.25, 0.3) is 5.91 Å². The van der Waals surface area contributed by atoms with Crippen LogP contribution in [0, 0.1) is 13.8 Å². The Morgan fingerprint density at radius 2 is 1.96 bits per heavy atom. The molecule has 0 spiro atoms. The molecule has 2 aromatic rings. The Hall–Kier alpha value is -2.69. The van der Waals surface area contributed by atoms with Crippen LogP contribution in [0.4, 0.5) is 5.69 Å². The Bertz CT molecular complexity index is 757. The largest absolute Gasteiger partial charge is 0.480 e. The highest BCUT2D eigenvalue weighted by atomic mass is 16.7. The zero-order valence-corrected chi connectivity index (χ0v) is 14.1. The molecule has 2 aromatic carbocycles. The van der Waals surface area contributed by atoms with Crippen molar-refractivity contribution in [3.05, 3.63) is 47.5 Å². The Balaban J connectivity index is 1.71. The third-order valence-electron chi connectivity index (χ3n) is 3.92. The maximum atomic E-state index is 12.5. The Labute approximate surface area is 141 Å². The van der Waals surface area contributed by atoms with Gasteiger partial charge in [0.05, 0.1) is 0 Å². The maximum absolute atomic E-state index is 12.5. The zero-order chi connectivity index (χ0) is 17.1. The van der Waals surface area contributed by atoms with Gasteiger partial charge < -0.3 is 19.5 Å². The first kappa shape index (κ1) is 16.2. The van der Waals surface area contributed by atoms with E-state index in [0.717, 1.165) is 16.9 Å². The van der Waals surface area contributed by atoms with Crippen molar-refractivity contribution in [3.63, 3.8) is 0 Å². The van der Waals surface area contributed by atoms with E-state index in [1.807, 2.05) is 39.0 Å². The summed E-state index contributed by atoms with van der Waals surface area (Å²) < 4.78 is 16.5. The second kappa shape index (κ2) is 6.83. The van der Waals surface area contributed by atoms with Crippen molar-refractivity contribution in [3.8, 4) is 17.2 Å². The zero-order valence-electron chi connectivity index (χ0n) is 14.1. The van der Waals surface area contributed by atoms with Gasteiger partial charge in [0.1, 0.15) is 5.75 Å². The normalized spacial score (nSPS) is 13.5. The monoisotopic (exact) mass is 327 g/mol. The van der Waals surface area contributed by atoms with E-state index >= 15 is 0 Å². The van der Waals surface area contributed by atoms with Crippen LogP contribution in [0.3, 0.4) is 0 Å². The fourth-order valence-electron chi connectivity index (χ4n) is 2.51. The lowest BCUT2D eigenvalue weighted by Crippen LogP contribution is -2.32. The van der Waals surface area contributed by atoms with Crippen LogP contribution in [0.5, 0.6) is 17.2 Å². The first-order valence-electron chi connectivity index (χ1n) is 8.01. The van der Waals surface area contributed by atoms with E-state index in [0.29, 0.717) is 23.6 Å². The van der Waals surface area contributed by atoms with Crippen molar-refractivity contribution in [1.82, 2.24) is 0 Å². The predicted molar refractivity (Wildman–Crippen MR) is 91.8 cm³/mol. The molecule has 1 aliphatic rings. The number of ether oxygens (including phenoxy) is 3. The fourth-order valence-corrected chi connectivity index (χ4v) is 2.51.